The van der Waals surface area contributed by atoms with Crippen molar-refractivity contribution in [1.82, 2.24) is 9.78 Å². The Hall–Kier alpha value is -1.97. The first-order chi connectivity index (χ1) is 8.50. The van der Waals surface area contributed by atoms with E-state index in [1.807, 2.05) is 22.6 Å². The second-order valence-corrected chi connectivity index (χ2v) is 4.36. The van der Waals surface area contributed by atoms with Crippen LogP contribution in [0.1, 0.15) is 10.4 Å². The number of hydrogen-bond acceptors (Lipinski definition) is 4. The smallest absolute Gasteiger partial charge is 0.340 e. The van der Waals surface area contributed by atoms with Crippen LogP contribution in [0.25, 0.3) is 5.69 Å². The molecule has 0 fully saturated rings. The third-order valence-corrected chi connectivity index (χ3v) is 3.28. The first-order valence-electron chi connectivity index (χ1n) is 4.72. The zero-order valence-corrected chi connectivity index (χ0v) is 10.9. The maximum absolute atomic E-state index is 10.9. The molecule has 8 heteroatoms. The van der Waals surface area contributed by atoms with Crippen LogP contribution in [-0.4, -0.2) is 25.8 Å². The zero-order chi connectivity index (χ0) is 13.3. The summed E-state index contributed by atoms with van der Waals surface area (Å²) in [4.78, 5) is 20.9. The fourth-order valence-electron chi connectivity index (χ4n) is 1.37. The SMILES string of the molecule is O=C(O)c1cnn(-c2ccc([N+](=O)[O-])cc2)c1I. The van der Waals surface area contributed by atoms with Gasteiger partial charge in [0.1, 0.15) is 9.26 Å². The highest BCUT2D eigenvalue weighted by Gasteiger charge is 2.15. The number of aromatic nitrogens is 2. The van der Waals surface area contributed by atoms with E-state index in [4.69, 9.17) is 5.11 Å². The van der Waals surface area contributed by atoms with Crippen molar-refractivity contribution >= 4 is 34.2 Å². The molecular weight excluding hydrogens is 353 g/mol. The van der Waals surface area contributed by atoms with Crippen LogP contribution >= 0.6 is 22.6 Å². The van der Waals surface area contributed by atoms with Crippen molar-refractivity contribution in [1.29, 1.82) is 0 Å². The average molecular weight is 359 g/mol. The molecule has 2 rings (SSSR count). The number of hydrogen-bond donors (Lipinski definition) is 1. The van der Waals surface area contributed by atoms with E-state index in [2.05, 4.69) is 5.10 Å². The van der Waals surface area contributed by atoms with Crippen molar-refractivity contribution in [3.05, 3.63) is 49.8 Å². The summed E-state index contributed by atoms with van der Waals surface area (Å²) in [6.45, 7) is 0. The number of carboxylic acids is 1. The standard InChI is InChI=1S/C10H6IN3O4/c11-9-8(10(15)16)5-12-13(9)6-1-3-7(4-2-6)14(17)18/h1-5H,(H,15,16). The number of nitro groups is 1. The topological polar surface area (TPSA) is 98.3 Å². The number of halogens is 1. The molecule has 1 aromatic carbocycles. The van der Waals surface area contributed by atoms with Crippen molar-refractivity contribution in [3.63, 3.8) is 0 Å². The molecule has 0 aliphatic heterocycles. The van der Waals surface area contributed by atoms with Crippen molar-refractivity contribution < 1.29 is 14.8 Å². The normalized spacial score (nSPS) is 10.3. The van der Waals surface area contributed by atoms with Crippen LogP contribution in [0.5, 0.6) is 0 Å². The van der Waals surface area contributed by atoms with Gasteiger partial charge in [0.05, 0.1) is 16.8 Å². The summed E-state index contributed by atoms with van der Waals surface area (Å²) < 4.78 is 1.85. The Balaban J connectivity index is 2.43. The average Bonchev–Trinajstić information content (AvgIpc) is 2.71. The van der Waals surface area contributed by atoms with E-state index in [1.165, 1.54) is 35.1 Å². The Morgan fingerprint density at radius 2 is 2.00 bits per heavy atom. The summed E-state index contributed by atoms with van der Waals surface area (Å²) in [6.07, 6.45) is 1.24. The van der Waals surface area contributed by atoms with Crippen LogP contribution in [-0.2, 0) is 0 Å². The predicted octanol–water partition coefficient (Wildman–Crippen LogP) is 2.08. The second-order valence-electron chi connectivity index (χ2n) is 3.34. The molecule has 0 saturated carbocycles. The van der Waals surface area contributed by atoms with Gasteiger partial charge in [0.15, 0.2) is 0 Å². The summed E-state index contributed by atoms with van der Waals surface area (Å²) in [7, 11) is 0. The van der Waals surface area contributed by atoms with Gasteiger partial charge in [-0.25, -0.2) is 9.48 Å². The molecule has 92 valence electrons. The summed E-state index contributed by atoms with van der Waals surface area (Å²) >= 11 is 1.86. The highest BCUT2D eigenvalue weighted by Crippen LogP contribution is 2.19. The highest BCUT2D eigenvalue weighted by atomic mass is 127. The van der Waals surface area contributed by atoms with E-state index in [9.17, 15) is 14.9 Å². The first-order valence-corrected chi connectivity index (χ1v) is 5.80. The number of aromatic carboxylic acids is 1. The molecule has 0 bridgehead atoms. The lowest BCUT2D eigenvalue weighted by atomic mass is 10.3. The molecule has 0 amide bonds. The minimum absolute atomic E-state index is 0.0284. The Kier molecular flexibility index (Phi) is 3.28. The first kappa shape index (κ1) is 12.5. The zero-order valence-electron chi connectivity index (χ0n) is 8.78. The van der Waals surface area contributed by atoms with Gasteiger partial charge in [-0.2, -0.15) is 5.10 Å². The Morgan fingerprint density at radius 3 is 2.44 bits per heavy atom. The van der Waals surface area contributed by atoms with Crippen LogP contribution in [0, 0.1) is 13.8 Å². The van der Waals surface area contributed by atoms with Crippen LogP contribution in [0.3, 0.4) is 0 Å². The molecule has 18 heavy (non-hydrogen) atoms. The number of nitro benzene ring substituents is 1. The van der Waals surface area contributed by atoms with Gasteiger partial charge < -0.3 is 5.11 Å². The third-order valence-electron chi connectivity index (χ3n) is 2.25. The van der Waals surface area contributed by atoms with Crippen molar-refractivity contribution in [3.8, 4) is 5.69 Å². The predicted molar refractivity (Wildman–Crippen MR) is 69.9 cm³/mol. The second kappa shape index (κ2) is 4.72. The molecule has 1 N–H and O–H groups in total. The monoisotopic (exact) mass is 359 g/mol. The lowest BCUT2D eigenvalue weighted by Gasteiger charge is -2.02. The van der Waals surface area contributed by atoms with Gasteiger partial charge in [-0.05, 0) is 34.7 Å². The Bertz CT molecular complexity index is 621. The lowest BCUT2D eigenvalue weighted by Crippen LogP contribution is -2.02. The number of non-ortho nitro benzene ring substituents is 1. The number of rotatable bonds is 3. The molecule has 1 heterocycles. The molecular formula is C10H6IN3O4. The van der Waals surface area contributed by atoms with Gasteiger partial charge >= 0.3 is 5.97 Å². The van der Waals surface area contributed by atoms with Gasteiger partial charge in [0, 0.05) is 12.1 Å². The summed E-state index contributed by atoms with van der Waals surface area (Å²) in [5.74, 6) is -1.06. The van der Waals surface area contributed by atoms with Crippen molar-refractivity contribution in [2.45, 2.75) is 0 Å². The third kappa shape index (κ3) is 2.18. The quantitative estimate of drug-likeness (QED) is 0.514. The van der Waals surface area contributed by atoms with E-state index in [1.54, 1.807) is 0 Å². The number of carboxylic acid groups (broad SMARTS) is 1. The van der Waals surface area contributed by atoms with Crippen molar-refractivity contribution in [2.75, 3.05) is 0 Å². The fourth-order valence-corrected chi connectivity index (χ4v) is 2.15. The molecule has 0 spiro atoms. The van der Waals surface area contributed by atoms with Crippen LogP contribution < -0.4 is 0 Å². The lowest BCUT2D eigenvalue weighted by molar-refractivity contribution is -0.384. The van der Waals surface area contributed by atoms with E-state index in [0.717, 1.165) is 0 Å². The van der Waals surface area contributed by atoms with E-state index >= 15 is 0 Å². The number of benzene rings is 1. The molecule has 0 saturated heterocycles. The van der Waals surface area contributed by atoms with Gasteiger partial charge in [0.2, 0.25) is 0 Å². The Morgan fingerprint density at radius 1 is 1.39 bits per heavy atom. The number of nitrogens with zero attached hydrogens (tertiary/aromatic N) is 3. The molecule has 0 atom stereocenters. The maximum atomic E-state index is 10.9. The highest BCUT2D eigenvalue weighted by molar-refractivity contribution is 14.1. The van der Waals surface area contributed by atoms with Crippen LogP contribution in [0.15, 0.2) is 30.5 Å². The minimum Gasteiger partial charge on any atom is -0.478 e. The van der Waals surface area contributed by atoms with Gasteiger partial charge in [-0.1, -0.05) is 0 Å². The minimum atomic E-state index is -1.06. The molecule has 0 radical (unpaired) electrons. The summed E-state index contributed by atoms with van der Waals surface area (Å²) in [5, 5.41) is 23.3. The largest absolute Gasteiger partial charge is 0.478 e. The van der Waals surface area contributed by atoms with E-state index in [0.29, 0.717) is 9.39 Å². The van der Waals surface area contributed by atoms with E-state index in [-0.39, 0.29) is 11.3 Å². The van der Waals surface area contributed by atoms with Crippen molar-refractivity contribution in [2.24, 2.45) is 0 Å². The van der Waals surface area contributed by atoms with Gasteiger partial charge in [-0.3, -0.25) is 10.1 Å². The van der Waals surface area contributed by atoms with E-state index < -0.39 is 10.9 Å². The van der Waals surface area contributed by atoms with Gasteiger partial charge in [-0.15, -0.1) is 0 Å². The van der Waals surface area contributed by atoms with Gasteiger partial charge in [0.25, 0.3) is 5.69 Å². The molecule has 1 aromatic heterocycles. The molecule has 7 nitrogen and oxygen atoms in total. The summed E-state index contributed by atoms with van der Waals surface area (Å²) in [6, 6.07) is 5.71. The molecule has 2 aromatic rings. The molecule has 0 unspecified atom stereocenters. The molecule has 0 aliphatic rings. The fraction of sp³-hybridized carbons (Fsp3) is 0. The van der Waals surface area contributed by atoms with Crippen LogP contribution in [0.2, 0.25) is 0 Å². The maximum Gasteiger partial charge on any atom is 0.340 e. The molecule has 0 aliphatic carbocycles. The Labute approximate surface area is 114 Å². The van der Waals surface area contributed by atoms with Crippen LogP contribution in [0.4, 0.5) is 5.69 Å². The number of carbonyl (C=O) groups is 1. The summed E-state index contributed by atoms with van der Waals surface area (Å²) in [5.41, 5.74) is 0.630.